The standard InChI is InChI=1S/C29H31NO5/c1-16-18-14-27(34-2)25(32)15-26(18)35-28(33)19(16)13-24(31)17-6-5-8-21-20(17)12-23-22-7-3-4-9-29(21,22)10-11-30-23/h5-6,8,14-15,22-23,30,32H,3-4,7,9-13H2,1-2H3/t22-,23+,29-/m0/s1. The highest BCUT2D eigenvalue weighted by molar-refractivity contribution is 6.00. The Hall–Kier alpha value is -3.12. The molecule has 1 aromatic heterocycles. The minimum Gasteiger partial charge on any atom is -0.504 e. The van der Waals surface area contributed by atoms with Crippen molar-refractivity contribution < 1.29 is 19.1 Å². The minimum absolute atomic E-state index is 0.0156. The predicted octanol–water partition coefficient (Wildman–Crippen LogP) is 4.59. The van der Waals surface area contributed by atoms with Crippen molar-refractivity contribution in [3.63, 3.8) is 0 Å². The quantitative estimate of drug-likeness (QED) is 0.426. The van der Waals surface area contributed by atoms with Crippen molar-refractivity contribution in [2.24, 2.45) is 5.92 Å². The Bertz CT molecular complexity index is 1400. The zero-order valence-corrected chi connectivity index (χ0v) is 20.3. The highest BCUT2D eigenvalue weighted by atomic mass is 16.5. The number of piperidine rings is 1. The van der Waals surface area contributed by atoms with Crippen molar-refractivity contribution in [1.29, 1.82) is 0 Å². The number of carbonyl (C=O) groups is 1. The van der Waals surface area contributed by atoms with E-state index >= 15 is 0 Å². The van der Waals surface area contributed by atoms with Crippen molar-refractivity contribution in [2.75, 3.05) is 13.7 Å². The van der Waals surface area contributed by atoms with Crippen LogP contribution in [-0.4, -0.2) is 30.6 Å². The second kappa shape index (κ2) is 8.23. The van der Waals surface area contributed by atoms with Crippen LogP contribution in [0.2, 0.25) is 0 Å². The van der Waals surface area contributed by atoms with Gasteiger partial charge in [0.25, 0.3) is 0 Å². The topological polar surface area (TPSA) is 88.8 Å². The molecular weight excluding hydrogens is 442 g/mol. The first-order valence-corrected chi connectivity index (χ1v) is 12.6. The smallest absolute Gasteiger partial charge is 0.340 e. The molecule has 2 heterocycles. The minimum atomic E-state index is -0.540. The highest BCUT2D eigenvalue weighted by Crippen LogP contribution is 2.54. The molecule has 182 valence electrons. The molecule has 35 heavy (non-hydrogen) atoms. The first kappa shape index (κ1) is 22.4. The molecule has 3 aliphatic rings. The second-order valence-corrected chi connectivity index (χ2v) is 10.5. The molecule has 0 spiro atoms. The SMILES string of the molecule is COc1cc2c(C)c(CC(=O)c3cccc4c3C[C@H]3NCC[C@@]45CCCC[C@@H]35)c(=O)oc2cc1O. The number of carbonyl (C=O) groups excluding carboxylic acids is 1. The fourth-order valence-electron chi connectivity index (χ4n) is 7.25. The maximum Gasteiger partial charge on any atom is 0.340 e. The molecule has 6 heteroatoms. The lowest BCUT2D eigenvalue weighted by molar-refractivity contribution is 0.0789. The van der Waals surface area contributed by atoms with Crippen LogP contribution in [0, 0.1) is 12.8 Å². The summed E-state index contributed by atoms with van der Waals surface area (Å²) in [5, 5.41) is 14.5. The van der Waals surface area contributed by atoms with Crippen LogP contribution >= 0.6 is 0 Å². The summed E-state index contributed by atoms with van der Waals surface area (Å²) in [7, 11) is 1.47. The van der Waals surface area contributed by atoms with E-state index in [1.807, 2.05) is 19.1 Å². The number of fused-ring (bicyclic) bond motifs is 2. The van der Waals surface area contributed by atoms with E-state index < -0.39 is 5.63 Å². The van der Waals surface area contributed by atoms with Gasteiger partial charge in [-0.15, -0.1) is 0 Å². The van der Waals surface area contributed by atoms with Crippen LogP contribution in [0.3, 0.4) is 0 Å². The van der Waals surface area contributed by atoms with Gasteiger partial charge < -0.3 is 19.6 Å². The number of phenolic OH excluding ortho intramolecular Hbond substituents is 1. The van der Waals surface area contributed by atoms with Crippen molar-refractivity contribution >= 4 is 16.8 Å². The summed E-state index contributed by atoms with van der Waals surface area (Å²) < 4.78 is 10.7. The van der Waals surface area contributed by atoms with E-state index in [0.717, 1.165) is 24.9 Å². The molecule has 0 amide bonds. The molecule has 1 aliphatic heterocycles. The number of ether oxygens (including phenoxy) is 1. The number of methoxy groups -OCH3 is 1. The van der Waals surface area contributed by atoms with Crippen LogP contribution in [0.1, 0.15) is 64.7 Å². The number of phenols is 1. The van der Waals surface area contributed by atoms with E-state index in [4.69, 9.17) is 9.15 Å². The summed E-state index contributed by atoms with van der Waals surface area (Å²) in [6.07, 6.45) is 6.97. The van der Waals surface area contributed by atoms with Gasteiger partial charge in [0.05, 0.1) is 7.11 Å². The average Bonchev–Trinajstić information content (AvgIpc) is 2.86. The Morgan fingerprint density at radius 3 is 2.94 bits per heavy atom. The normalized spacial score (nSPS) is 25.1. The number of Topliss-reactive ketones (excluding diaryl/α,β-unsaturated/α-hetero) is 1. The summed E-state index contributed by atoms with van der Waals surface area (Å²) in [6, 6.07) is 9.65. The summed E-state index contributed by atoms with van der Waals surface area (Å²) in [6.45, 7) is 2.86. The van der Waals surface area contributed by atoms with E-state index in [0.29, 0.717) is 34.2 Å². The van der Waals surface area contributed by atoms with Crippen molar-refractivity contribution in [1.82, 2.24) is 5.32 Å². The molecule has 2 N–H and O–H groups in total. The number of aromatic hydroxyl groups is 1. The van der Waals surface area contributed by atoms with Gasteiger partial charge in [-0.3, -0.25) is 4.79 Å². The second-order valence-electron chi connectivity index (χ2n) is 10.5. The molecule has 2 aromatic carbocycles. The maximum atomic E-state index is 13.7. The highest BCUT2D eigenvalue weighted by Gasteiger charge is 2.51. The molecule has 6 rings (SSSR count). The zero-order chi connectivity index (χ0) is 24.3. The number of aryl methyl sites for hydroxylation is 1. The van der Waals surface area contributed by atoms with Gasteiger partial charge in [-0.1, -0.05) is 31.0 Å². The van der Waals surface area contributed by atoms with Crippen LogP contribution < -0.4 is 15.7 Å². The molecular formula is C29H31NO5. The lowest BCUT2D eigenvalue weighted by atomic mass is 9.52. The Labute approximate surface area is 204 Å². The van der Waals surface area contributed by atoms with Crippen LogP contribution in [0.25, 0.3) is 11.0 Å². The Kier molecular flexibility index (Phi) is 5.26. The van der Waals surface area contributed by atoms with E-state index in [1.54, 1.807) is 6.07 Å². The number of rotatable bonds is 4. The molecule has 6 nitrogen and oxygen atoms in total. The summed E-state index contributed by atoms with van der Waals surface area (Å²) in [4.78, 5) is 26.6. The molecule has 2 fully saturated rings. The molecule has 2 aliphatic carbocycles. The lowest BCUT2D eigenvalue weighted by Crippen LogP contribution is -2.59. The monoisotopic (exact) mass is 473 g/mol. The summed E-state index contributed by atoms with van der Waals surface area (Å²) in [5.74, 6) is 0.793. The van der Waals surface area contributed by atoms with Crippen molar-refractivity contribution in [3.8, 4) is 11.5 Å². The van der Waals surface area contributed by atoms with Gasteiger partial charge in [-0.05, 0) is 67.8 Å². The third-order valence-corrected chi connectivity index (χ3v) is 8.92. The third-order valence-electron chi connectivity index (χ3n) is 8.92. The van der Waals surface area contributed by atoms with Crippen LogP contribution in [0.5, 0.6) is 11.5 Å². The Balaban J connectivity index is 1.41. The fraction of sp³-hybridized carbons (Fsp3) is 0.448. The molecule has 0 radical (unpaired) electrons. The first-order chi connectivity index (χ1) is 16.9. The van der Waals surface area contributed by atoms with Gasteiger partial charge >= 0.3 is 5.63 Å². The maximum absolute atomic E-state index is 13.7. The number of benzene rings is 2. The molecule has 3 aromatic rings. The van der Waals surface area contributed by atoms with Gasteiger partial charge in [0.15, 0.2) is 17.3 Å². The van der Waals surface area contributed by atoms with Crippen molar-refractivity contribution in [2.45, 2.75) is 63.3 Å². The number of nitrogens with one attached hydrogen (secondary N) is 1. The van der Waals surface area contributed by atoms with Gasteiger partial charge in [-0.2, -0.15) is 0 Å². The molecule has 1 saturated carbocycles. The Morgan fingerprint density at radius 2 is 2.11 bits per heavy atom. The van der Waals surface area contributed by atoms with Crippen LogP contribution in [0.15, 0.2) is 39.5 Å². The summed E-state index contributed by atoms with van der Waals surface area (Å²) >= 11 is 0. The third kappa shape index (κ3) is 3.33. The zero-order valence-electron chi connectivity index (χ0n) is 20.3. The van der Waals surface area contributed by atoms with E-state index in [1.165, 1.54) is 50.0 Å². The van der Waals surface area contributed by atoms with Gasteiger partial charge in [0, 0.05) is 40.5 Å². The fourth-order valence-corrected chi connectivity index (χ4v) is 7.25. The molecule has 3 atom stereocenters. The number of hydrogen-bond donors (Lipinski definition) is 2. The molecule has 2 bridgehead atoms. The van der Waals surface area contributed by atoms with E-state index in [9.17, 15) is 14.7 Å². The van der Waals surface area contributed by atoms with Crippen LogP contribution in [0.4, 0.5) is 0 Å². The predicted molar refractivity (Wildman–Crippen MR) is 134 cm³/mol. The van der Waals surface area contributed by atoms with E-state index in [-0.39, 0.29) is 29.0 Å². The molecule has 0 unspecified atom stereocenters. The van der Waals surface area contributed by atoms with Gasteiger partial charge in [-0.25, -0.2) is 4.79 Å². The molecule has 1 saturated heterocycles. The first-order valence-electron chi connectivity index (χ1n) is 12.6. The lowest BCUT2D eigenvalue weighted by Gasteiger charge is -2.56. The summed E-state index contributed by atoms with van der Waals surface area (Å²) in [5.41, 5.74) is 4.22. The largest absolute Gasteiger partial charge is 0.504 e. The number of hydrogen-bond acceptors (Lipinski definition) is 6. The van der Waals surface area contributed by atoms with Gasteiger partial charge in [0.1, 0.15) is 5.58 Å². The van der Waals surface area contributed by atoms with Crippen LogP contribution in [-0.2, 0) is 18.3 Å². The van der Waals surface area contributed by atoms with E-state index in [2.05, 4.69) is 11.4 Å². The Morgan fingerprint density at radius 1 is 1.26 bits per heavy atom. The van der Waals surface area contributed by atoms with Crippen molar-refractivity contribution in [3.05, 3.63) is 68.6 Å². The van der Waals surface area contributed by atoms with Gasteiger partial charge in [0.2, 0.25) is 0 Å². The average molecular weight is 474 g/mol. The number of ketones is 1.